The summed E-state index contributed by atoms with van der Waals surface area (Å²) in [6, 6.07) is 0. The highest BCUT2D eigenvalue weighted by molar-refractivity contribution is 5.66. The average Bonchev–Trinajstić information content (AvgIpc) is 1.97. The third-order valence-electron chi connectivity index (χ3n) is 1.41. The minimum Gasteiger partial charge on any atom is -0.398 e. The van der Waals surface area contributed by atoms with Crippen molar-refractivity contribution in [3.05, 3.63) is 0 Å². The fraction of sp³-hybridized carbons (Fsp3) is 0.833. The van der Waals surface area contributed by atoms with Gasteiger partial charge in [0.2, 0.25) is 0 Å². The lowest BCUT2D eigenvalue weighted by atomic mass is 10.1. The second-order valence-corrected chi connectivity index (χ2v) is 2.62. The summed E-state index contributed by atoms with van der Waals surface area (Å²) in [5, 5.41) is 0. The molecule has 0 aromatic carbocycles. The number of rotatable bonds is 3. The Morgan fingerprint density at radius 1 is 1.06 bits per heavy atom. The van der Waals surface area contributed by atoms with E-state index in [0.29, 0.717) is 0 Å². The van der Waals surface area contributed by atoms with Crippen molar-refractivity contribution in [2.45, 2.75) is 31.3 Å². The van der Waals surface area contributed by atoms with E-state index in [-0.39, 0.29) is 6.92 Å². The van der Waals surface area contributed by atoms with Crippen molar-refractivity contribution < 1.29 is 44.7 Å². The average molecular weight is 260 g/mol. The number of hydrogen-bond acceptors (Lipinski definition) is 2. The molecule has 0 aromatic rings. The molecule has 0 N–H and O–H groups in total. The Morgan fingerprint density at radius 3 is 1.62 bits per heavy atom. The second kappa shape index (κ2) is 4.06. The van der Waals surface area contributed by atoms with Crippen LogP contribution in [-0.2, 0) is 9.53 Å². The van der Waals surface area contributed by atoms with Gasteiger partial charge in [-0.1, -0.05) is 0 Å². The van der Waals surface area contributed by atoms with Crippen LogP contribution >= 0.6 is 0 Å². The molecule has 0 spiro atoms. The Balaban J connectivity index is 5.45. The lowest BCUT2D eigenvalue weighted by Crippen LogP contribution is -2.61. The SMILES string of the molecule is CC(=O)OC(F)(F)C(F)(C(F)F)C(F)(F)F. The van der Waals surface area contributed by atoms with Gasteiger partial charge in [-0.3, -0.25) is 4.79 Å². The van der Waals surface area contributed by atoms with Crippen LogP contribution in [0, 0.1) is 0 Å². The van der Waals surface area contributed by atoms with Gasteiger partial charge in [0, 0.05) is 6.92 Å². The summed E-state index contributed by atoms with van der Waals surface area (Å²) >= 11 is 0. The molecule has 16 heavy (non-hydrogen) atoms. The van der Waals surface area contributed by atoms with Gasteiger partial charge in [-0.2, -0.15) is 22.0 Å². The van der Waals surface area contributed by atoms with Crippen LogP contribution in [0.2, 0.25) is 0 Å². The third kappa shape index (κ3) is 2.35. The monoisotopic (exact) mass is 260 g/mol. The van der Waals surface area contributed by atoms with Crippen LogP contribution in [0.1, 0.15) is 6.92 Å². The van der Waals surface area contributed by atoms with Crippen molar-refractivity contribution in [3.8, 4) is 0 Å². The lowest BCUT2D eigenvalue weighted by Gasteiger charge is -2.32. The first-order chi connectivity index (χ1) is 6.86. The van der Waals surface area contributed by atoms with Gasteiger partial charge >= 0.3 is 23.9 Å². The summed E-state index contributed by atoms with van der Waals surface area (Å²) in [6.45, 7) is 0.218. The molecule has 0 radical (unpaired) electrons. The standard InChI is InChI=1S/C6H4F8O2/c1-2(15)16-6(13,14)4(9,3(7)8)5(10,11)12/h3H,1H3. The molecule has 1 unspecified atom stereocenters. The normalized spacial score (nSPS) is 17.1. The lowest BCUT2D eigenvalue weighted by molar-refractivity contribution is -0.394. The van der Waals surface area contributed by atoms with E-state index in [0.717, 1.165) is 0 Å². The molecular formula is C6H4F8O2. The molecule has 0 amide bonds. The topological polar surface area (TPSA) is 26.3 Å². The largest absolute Gasteiger partial charge is 0.450 e. The van der Waals surface area contributed by atoms with Gasteiger partial charge in [-0.15, -0.1) is 0 Å². The van der Waals surface area contributed by atoms with E-state index in [1.54, 1.807) is 0 Å². The molecule has 1 atom stereocenters. The molecule has 10 heteroatoms. The van der Waals surface area contributed by atoms with Crippen LogP contribution in [0.25, 0.3) is 0 Å². The zero-order chi connectivity index (χ0) is 13.4. The van der Waals surface area contributed by atoms with Crippen LogP contribution in [-0.4, -0.2) is 30.3 Å². The number of hydrogen-bond donors (Lipinski definition) is 0. The summed E-state index contributed by atoms with van der Waals surface area (Å²) in [7, 11) is 0. The first-order valence-corrected chi connectivity index (χ1v) is 3.47. The van der Waals surface area contributed by atoms with Gasteiger partial charge in [0.25, 0.3) is 6.43 Å². The van der Waals surface area contributed by atoms with Crippen LogP contribution in [0.5, 0.6) is 0 Å². The van der Waals surface area contributed by atoms with Gasteiger partial charge in [0.15, 0.2) is 0 Å². The van der Waals surface area contributed by atoms with Crippen LogP contribution < -0.4 is 0 Å². The van der Waals surface area contributed by atoms with Gasteiger partial charge in [-0.05, 0) is 0 Å². The first kappa shape index (κ1) is 14.9. The molecule has 0 fully saturated rings. The molecule has 0 bridgehead atoms. The van der Waals surface area contributed by atoms with Crippen molar-refractivity contribution in [1.82, 2.24) is 0 Å². The highest BCUT2D eigenvalue weighted by atomic mass is 19.4. The molecule has 0 rings (SSSR count). The van der Waals surface area contributed by atoms with E-state index in [4.69, 9.17) is 0 Å². The number of alkyl halides is 8. The van der Waals surface area contributed by atoms with Crippen molar-refractivity contribution in [3.63, 3.8) is 0 Å². The minimum absolute atomic E-state index is 0.218. The smallest absolute Gasteiger partial charge is 0.398 e. The number of esters is 1. The van der Waals surface area contributed by atoms with Gasteiger partial charge in [0.05, 0.1) is 0 Å². The highest BCUT2D eigenvalue weighted by Crippen LogP contribution is 2.49. The minimum atomic E-state index is -6.60. The summed E-state index contributed by atoms with van der Waals surface area (Å²) in [5.74, 6) is -2.03. The Labute approximate surface area is 83.2 Å². The fourth-order valence-electron chi connectivity index (χ4n) is 0.671. The van der Waals surface area contributed by atoms with Gasteiger partial charge in [0.1, 0.15) is 0 Å². The predicted molar refractivity (Wildman–Crippen MR) is 32.6 cm³/mol. The fourth-order valence-corrected chi connectivity index (χ4v) is 0.671. The summed E-state index contributed by atoms with van der Waals surface area (Å²) in [4.78, 5) is 9.97. The first-order valence-electron chi connectivity index (χ1n) is 3.47. The van der Waals surface area contributed by atoms with Crippen LogP contribution in [0.3, 0.4) is 0 Å². The number of ether oxygens (including phenoxy) is 1. The van der Waals surface area contributed by atoms with E-state index in [1.807, 2.05) is 0 Å². The van der Waals surface area contributed by atoms with Gasteiger partial charge < -0.3 is 4.74 Å². The Hall–Kier alpha value is -1.09. The van der Waals surface area contributed by atoms with Crippen molar-refractivity contribution in [1.29, 1.82) is 0 Å². The second-order valence-electron chi connectivity index (χ2n) is 2.62. The molecule has 0 saturated carbocycles. The quantitative estimate of drug-likeness (QED) is 0.576. The van der Waals surface area contributed by atoms with E-state index >= 15 is 0 Å². The molecule has 0 aliphatic rings. The molecule has 96 valence electrons. The molecule has 0 aromatic heterocycles. The molecule has 0 heterocycles. The summed E-state index contributed by atoms with van der Waals surface area (Å²) < 4.78 is 99.0. The van der Waals surface area contributed by atoms with Crippen molar-refractivity contribution >= 4 is 5.97 Å². The maximum absolute atomic E-state index is 12.7. The Kier molecular flexibility index (Phi) is 3.78. The summed E-state index contributed by atoms with van der Waals surface area (Å²) in [6.07, 6.45) is -17.7. The zero-order valence-corrected chi connectivity index (χ0v) is 7.42. The number of carbonyl (C=O) groups excluding carboxylic acids is 1. The van der Waals surface area contributed by atoms with Crippen molar-refractivity contribution in [2.75, 3.05) is 0 Å². The molecule has 0 aliphatic heterocycles. The Morgan fingerprint density at radius 2 is 1.44 bits per heavy atom. The Bertz CT molecular complexity index is 272. The number of halogens is 8. The van der Waals surface area contributed by atoms with Crippen LogP contribution in [0.4, 0.5) is 35.1 Å². The highest BCUT2D eigenvalue weighted by Gasteiger charge is 2.79. The van der Waals surface area contributed by atoms with E-state index in [9.17, 15) is 39.9 Å². The maximum atomic E-state index is 12.7. The molecule has 0 aliphatic carbocycles. The number of carbonyl (C=O) groups is 1. The van der Waals surface area contributed by atoms with E-state index < -0.39 is 30.3 Å². The molecule has 0 saturated heterocycles. The third-order valence-corrected chi connectivity index (χ3v) is 1.41. The molecular weight excluding hydrogens is 256 g/mol. The summed E-state index contributed by atoms with van der Waals surface area (Å²) in [5.41, 5.74) is -6.24. The van der Waals surface area contributed by atoms with Crippen molar-refractivity contribution in [2.24, 2.45) is 0 Å². The zero-order valence-electron chi connectivity index (χ0n) is 7.42. The maximum Gasteiger partial charge on any atom is 0.450 e. The van der Waals surface area contributed by atoms with E-state index in [2.05, 4.69) is 4.74 Å². The van der Waals surface area contributed by atoms with Crippen LogP contribution in [0.15, 0.2) is 0 Å². The van der Waals surface area contributed by atoms with Gasteiger partial charge in [-0.25, -0.2) is 13.2 Å². The predicted octanol–water partition coefficient (Wildman–Crippen LogP) is 2.68. The molecule has 2 nitrogen and oxygen atoms in total. The van der Waals surface area contributed by atoms with E-state index in [1.165, 1.54) is 0 Å².